The van der Waals surface area contributed by atoms with Gasteiger partial charge >= 0.3 is 0 Å². The van der Waals surface area contributed by atoms with E-state index in [-0.39, 0.29) is 0 Å². The molecule has 25 heavy (non-hydrogen) atoms. The predicted octanol–water partition coefficient (Wildman–Crippen LogP) is 4.14. The van der Waals surface area contributed by atoms with Crippen LogP contribution in [0.5, 0.6) is 0 Å². The van der Waals surface area contributed by atoms with Crippen LogP contribution in [-0.4, -0.2) is 39.1 Å². The maximum Gasteiger partial charge on any atom is 0.100 e. The molecule has 0 aliphatic carbocycles. The standard InChI is InChI=1S/C21H22N4/c1-24-10-4-5-16(24)11-15-13-22-19-9-8-17(12-18(15)19)25-14-23-20-6-2-3-7-21(20)25/h2-3,6-9,12-14,16,22H,4-5,10-11H2,1H3/t16-/m1/s1. The molecule has 2 aromatic heterocycles. The molecule has 2 aromatic carbocycles. The Morgan fingerprint density at radius 1 is 1.20 bits per heavy atom. The lowest BCUT2D eigenvalue weighted by Crippen LogP contribution is -2.26. The number of hydrogen-bond acceptors (Lipinski definition) is 2. The molecular weight excluding hydrogens is 308 g/mol. The number of likely N-dealkylation sites (N-methyl/N-ethyl adjacent to an activating group) is 1. The number of aromatic nitrogens is 3. The second kappa shape index (κ2) is 5.74. The van der Waals surface area contributed by atoms with E-state index in [9.17, 15) is 0 Å². The van der Waals surface area contributed by atoms with E-state index in [4.69, 9.17) is 0 Å². The molecule has 3 heterocycles. The molecule has 4 heteroatoms. The van der Waals surface area contributed by atoms with Gasteiger partial charge in [0.2, 0.25) is 0 Å². The van der Waals surface area contributed by atoms with Gasteiger partial charge in [-0.15, -0.1) is 0 Å². The van der Waals surface area contributed by atoms with Crippen LogP contribution in [0.1, 0.15) is 18.4 Å². The Kier molecular flexibility index (Phi) is 3.38. The van der Waals surface area contributed by atoms with Crippen LogP contribution < -0.4 is 0 Å². The number of rotatable bonds is 3. The number of nitrogens with zero attached hydrogens (tertiary/aromatic N) is 3. The van der Waals surface area contributed by atoms with Crippen molar-refractivity contribution in [2.24, 2.45) is 0 Å². The Morgan fingerprint density at radius 3 is 3.00 bits per heavy atom. The molecule has 0 amide bonds. The van der Waals surface area contributed by atoms with Crippen LogP contribution in [0.4, 0.5) is 0 Å². The maximum atomic E-state index is 4.53. The fourth-order valence-electron chi connectivity index (χ4n) is 4.14. The normalized spacial score (nSPS) is 18.5. The minimum atomic E-state index is 0.664. The van der Waals surface area contributed by atoms with Gasteiger partial charge in [-0.25, -0.2) is 4.98 Å². The Hall–Kier alpha value is -2.59. The van der Waals surface area contributed by atoms with Crippen molar-refractivity contribution in [3.8, 4) is 5.69 Å². The van der Waals surface area contributed by atoms with Crippen molar-refractivity contribution in [2.75, 3.05) is 13.6 Å². The summed E-state index contributed by atoms with van der Waals surface area (Å²) in [6.45, 7) is 1.22. The minimum Gasteiger partial charge on any atom is -0.361 e. The van der Waals surface area contributed by atoms with E-state index in [1.54, 1.807) is 0 Å². The van der Waals surface area contributed by atoms with Gasteiger partial charge in [0.05, 0.1) is 11.0 Å². The highest BCUT2D eigenvalue weighted by molar-refractivity contribution is 5.86. The first-order valence-electron chi connectivity index (χ1n) is 9.02. The molecule has 5 rings (SSSR count). The third kappa shape index (κ3) is 2.45. The van der Waals surface area contributed by atoms with E-state index >= 15 is 0 Å². The van der Waals surface area contributed by atoms with Crippen LogP contribution in [0.15, 0.2) is 55.0 Å². The molecule has 1 N–H and O–H groups in total. The number of likely N-dealkylation sites (tertiary alicyclic amines) is 1. The van der Waals surface area contributed by atoms with Gasteiger partial charge in [0, 0.05) is 28.8 Å². The zero-order chi connectivity index (χ0) is 16.8. The van der Waals surface area contributed by atoms with E-state index in [0.29, 0.717) is 6.04 Å². The first-order valence-corrected chi connectivity index (χ1v) is 9.02. The molecule has 4 aromatic rings. The first-order chi connectivity index (χ1) is 12.3. The third-order valence-corrected chi connectivity index (χ3v) is 5.61. The lowest BCUT2D eigenvalue weighted by atomic mass is 10.0. The molecule has 4 nitrogen and oxygen atoms in total. The molecule has 1 saturated heterocycles. The zero-order valence-electron chi connectivity index (χ0n) is 14.4. The number of H-pyrrole nitrogens is 1. The van der Waals surface area contributed by atoms with Crippen molar-refractivity contribution in [3.05, 3.63) is 60.6 Å². The number of fused-ring (bicyclic) bond motifs is 2. The van der Waals surface area contributed by atoms with Crippen molar-refractivity contribution in [1.29, 1.82) is 0 Å². The van der Waals surface area contributed by atoms with Gasteiger partial charge in [-0.3, -0.25) is 4.57 Å². The first kappa shape index (κ1) is 14.7. The van der Waals surface area contributed by atoms with Crippen LogP contribution in [0.25, 0.3) is 27.6 Å². The van der Waals surface area contributed by atoms with Crippen molar-refractivity contribution in [2.45, 2.75) is 25.3 Å². The Bertz CT molecular complexity index is 1040. The second-order valence-electron chi connectivity index (χ2n) is 7.13. The van der Waals surface area contributed by atoms with Crippen LogP contribution >= 0.6 is 0 Å². The number of nitrogens with one attached hydrogen (secondary N) is 1. The Labute approximate surface area is 147 Å². The molecule has 0 saturated carbocycles. The quantitative estimate of drug-likeness (QED) is 0.613. The van der Waals surface area contributed by atoms with Crippen LogP contribution in [0.3, 0.4) is 0 Å². The van der Waals surface area contributed by atoms with Gasteiger partial charge in [0.1, 0.15) is 6.33 Å². The molecule has 0 radical (unpaired) electrons. The second-order valence-corrected chi connectivity index (χ2v) is 7.13. The lowest BCUT2D eigenvalue weighted by molar-refractivity contribution is 0.310. The summed E-state index contributed by atoms with van der Waals surface area (Å²) in [6.07, 6.45) is 7.84. The van der Waals surface area contributed by atoms with Crippen LogP contribution in [0.2, 0.25) is 0 Å². The fourth-order valence-corrected chi connectivity index (χ4v) is 4.14. The summed E-state index contributed by atoms with van der Waals surface area (Å²) < 4.78 is 2.17. The molecule has 0 unspecified atom stereocenters. The summed E-state index contributed by atoms with van der Waals surface area (Å²) in [5.41, 5.74) is 5.98. The molecule has 126 valence electrons. The molecule has 0 bridgehead atoms. The summed E-state index contributed by atoms with van der Waals surface area (Å²) in [5.74, 6) is 0. The molecule has 1 aliphatic rings. The average Bonchev–Trinajstić information content (AvgIpc) is 3.34. The molecular formula is C21H22N4. The fraction of sp³-hybridized carbons (Fsp3) is 0.286. The van der Waals surface area contributed by atoms with E-state index in [1.807, 2.05) is 12.4 Å². The number of imidazole rings is 1. The van der Waals surface area contributed by atoms with E-state index in [2.05, 4.69) is 69.1 Å². The lowest BCUT2D eigenvalue weighted by Gasteiger charge is -2.18. The summed E-state index contributed by atoms with van der Waals surface area (Å²) in [7, 11) is 2.25. The average molecular weight is 330 g/mol. The molecule has 1 aliphatic heterocycles. The summed E-state index contributed by atoms with van der Waals surface area (Å²) in [5, 5.41) is 1.33. The third-order valence-electron chi connectivity index (χ3n) is 5.61. The van der Waals surface area contributed by atoms with Gasteiger partial charge in [-0.2, -0.15) is 0 Å². The largest absolute Gasteiger partial charge is 0.361 e. The van der Waals surface area contributed by atoms with Crippen LogP contribution in [-0.2, 0) is 6.42 Å². The van der Waals surface area contributed by atoms with Gasteiger partial charge in [-0.1, -0.05) is 12.1 Å². The van der Waals surface area contributed by atoms with Crippen molar-refractivity contribution < 1.29 is 0 Å². The van der Waals surface area contributed by atoms with Gasteiger partial charge in [0.25, 0.3) is 0 Å². The highest BCUT2D eigenvalue weighted by Gasteiger charge is 2.22. The maximum absolute atomic E-state index is 4.53. The van der Waals surface area contributed by atoms with Gasteiger partial charge in [-0.05, 0) is 68.8 Å². The van der Waals surface area contributed by atoms with Crippen molar-refractivity contribution >= 4 is 21.9 Å². The minimum absolute atomic E-state index is 0.664. The number of aromatic amines is 1. The predicted molar refractivity (Wildman–Crippen MR) is 102 cm³/mol. The number of hydrogen-bond donors (Lipinski definition) is 1. The topological polar surface area (TPSA) is 36.9 Å². The van der Waals surface area contributed by atoms with E-state index in [0.717, 1.165) is 17.5 Å². The molecule has 1 atom stereocenters. The van der Waals surface area contributed by atoms with Crippen molar-refractivity contribution in [1.82, 2.24) is 19.4 Å². The summed E-state index contributed by atoms with van der Waals surface area (Å²) >= 11 is 0. The van der Waals surface area contributed by atoms with Crippen molar-refractivity contribution in [3.63, 3.8) is 0 Å². The van der Waals surface area contributed by atoms with Gasteiger partial charge in [0.15, 0.2) is 0 Å². The monoisotopic (exact) mass is 330 g/mol. The number of para-hydroxylation sites is 2. The SMILES string of the molecule is CN1CCC[C@@H]1Cc1c[nH]c2ccc(-n3cnc4ccccc43)cc12. The van der Waals surface area contributed by atoms with E-state index < -0.39 is 0 Å². The molecule has 1 fully saturated rings. The molecule has 0 spiro atoms. The number of benzene rings is 2. The van der Waals surface area contributed by atoms with Crippen LogP contribution in [0, 0.1) is 0 Å². The summed E-state index contributed by atoms with van der Waals surface area (Å²) in [6, 6.07) is 15.6. The highest BCUT2D eigenvalue weighted by Crippen LogP contribution is 2.27. The Balaban J connectivity index is 1.57. The van der Waals surface area contributed by atoms with E-state index in [1.165, 1.54) is 41.5 Å². The highest BCUT2D eigenvalue weighted by atomic mass is 15.1. The zero-order valence-corrected chi connectivity index (χ0v) is 14.4. The van der Waals surface area contributed by atoms with Gasteiger partial charge < -0.3 is 9.88 Å². The smallest absolute Gasteiger partial charge is 0.100 e. The Morgan fingerprint density at radius 2 is 2.12 bits per heavy atom. The summed E-state index contributed by atoms with van der Waals surface area (Å²) in [4.78, 5) is 10.5.